The van der Waals surface area contributed by atoms with Gasteiger partial charge in [0, 0.05) is 18.3 Å². The minimum absolute atomic E-state index is 0.695. The number of nitrogens with one attached hydrogen (secondary N) is 1. The number of hydrogen-bond donors (Lipinski definition) is 1. The summed E-state index contributed by atoms with van der Waals surface area (Å²) in [7, 11) is 0. The lowest BCUT2D eigenvalue weighted by atomic mass is 10.1. The second kappa shape index (κ2) is 12.7. The fourth-order valence-electron chi connectivity index (χ4n) is 1.94. The van der Waals surface area contributed by atoms with E-state index in [4.69, 9.17) is 0 Å². The highest BCUT2D eigenvalue weighted by Crippen LogP contribution is 2.08. The van der Waals surface area contributed by atoms with E-state index in [1.807, 2.05) is 0 Å². The molecule has 0 radical (unpaired) electrons. The van der Waals surface area contributed by atoms with Gasteiger partial charge >= 0.3 is 0 Å². The SMILES string of the molecule is CCNC(C)CCCCSCCN(CC)CC. The Morgan fingerprint density at radius 3 is 2.35 bits per heavy atom. The minimum atomic E-state index is 0.695. The summed E-state index contributed by atoms with van der Waals surface area (Å²) in [6, 6.07) is 0.695. The maximum Gasteiger partial charge on any atom is 0.00721 e. The van der Waals surface area contributed by atoms with Crippen LogP contribution in [0.25, 0.3) is 0 Å². The number of nitrogens with zero attached hydrogens (tertiary/aromatic N) is 1. The van der Waals surface area contributed by atoms with Crippen LogP contribution in [-0.2, 0) is 0 Å². The standard InChI is InChI=1S/C14H32N2S/c1-5-15-14(4)10-8-9-12-17-13-11-16(6-2)7-3/h14-15H,5-13H2,1-4H3. The van der Waals surface area contributed by atoms with E-state index in [9.17, 15) is 0 Å². The van der Waals surface area contributed by atoms with Crippen molar-refractivity contribution in [1.82, 2.24) is 10.2 Å². The molecule has 1 atom stereocenters. The molecule has 0 spiro atoms. The van der Waals surface area contributed by atoms with Crippen molar-refractivity contribution in [2.24, 2.45) is 0 Å². The molecule has 0 amide bonds. The maximum atomic E-state index is 3.46. The van der Waals surface area contributed by atoms with Crippen LogP contribution in [0.4, 0.5) is 0 Å². The highest BCUT2D eigenvalue weighted by atomic mass is 32.2. The number of rotatable bonds is 12. The predicted octanol–water partition coefficient (Wildman–Crippen LogP) is 3.23. The Balaban J connectivity index is 3.18. The Bertz CT molecular complexity index is 149. The summed E-state index contributed by atoms with van der Waals surface area (Å²) >= 11 is 2.12. The topological polar surface area (TPSA) is 15.3 Å². The molecule has 0 saturated heterocycles. The number of thioether (sulfide) groups is 1. The zero-order chi connectivity index (χ0) is 12.9. The lowest BCUT2D eigenvalue weighted by Gasteiger charge is -2.17. The predicted molar refractivity (Wildman–Crippen MR) is 82.1 cm³/mol. The number of unbranched alkanes of at least 4 members (excludes halogenated alkanes) is 1. The van der Waals surface area contributed by atoms with Crippen molar-refractivity contribution >= 4 is 11.8 Å². The van der Waals surface area contributed by atoms with E-state index in [2.05, 4.69) is 49.7 Å². The normalized spacial score (nSPS) is 13.2. The molecule has 0 aliphatic carbocycles. The third-order valence-electron chi connectivity index (χ3n) is 3.17. The van der Waals surface area contributed by atoms with Crippen LogP contribution in [0.5, 0.6) is 0 Å². The van der Waals surface area contributed by atoms with E-state index in [1.54, 1.807) is 0 Å². The zero-order valence-corrected chi connectivity index (χ0v) is 13.1. The molecule has 0 aromatic rings. The van der Waals surface area contributed by atoms with Gasteiger partial charge in [-0.15, -0.1) is 0 Å². The first-order chi connectivity index (χ1) is 8.24. The Kier molecular flexibility index (Phi) is 12.9. The minimum Gasteiger partial charge on any atom is -0.315 e. The molecule has 104 valence electrons. The molecule has 0 aliphatic rings. The quantitative estimate of drug-likeness (QED) is 0.542. The molecule has 0 rings (SSSR count). The van der Waals surface area contributed by atoms with Gasteiger partial charge in [-0.25, -0.2) is 0 Å². The van der Waals surface area contributed by atoms with Gasteiger partial charge in [0.2, 0.25) is 0 Å². The van der Waals surface area contributed by atoms with Crippen molar-refractivity contribution in [2.45, 2.75) is 53.0 Å². The summed E-state index contributed by atoms with van der Waals surface area (Å²) in [5.74, 6) is 2.63. The Hall–Kier alpha value is 0.270. The summed E-state index contributed by atoms with van der Waals surface area (Å²) in [6.07, 6.45) is 4.07. The van der Waals surface area contributed by atoms with Gasteiger partial charge < -0.3 is 10.2 Å². The van der Waals surface area contributed by atoms with Crippen LogP contribution in [0.3, 0.4) is 0 Å². The molecule has 0 heterocycles. The van der Waals surface area contributed by atoms with Crippen LogP contribution >= 0.6 is 11.8 Å². The highest BCUT2D eigenvalue weighted by Gasteiger charge is 2.00. The van der Waals surface area contributed by atoms with Crippen molar-refractivity contribution in [2.75, 3.05) is 37.7 Å². The van der Waals surface area contributed by atoms with Crippen LogP contribution < -0.4 is 5.32 Å². The molecule has 0 bridgehead atoms. The summed E-state index contributed by atoms with van der Waals surface area (Å²) in [5, 5.41) is 3.46. The van der Waals surface area contributed by atoms with E-state index in [0.29, 0.717) is 6.04 Å². The van der Waals surface area contributed by atoms with Crippen molar-refractivity contribution in [3.63, 3.8) is 0 Å². The van der Waals surface area contributed by atoms with Crippen LogP contribution in [0.2, 0.25) is 0 Å². The monoisotopic (exact) mass is 260 g/mol. The Morgan fingerprint density at radius 2 is 1.76 bits per heavy atom. The van der Waals surface area contributed by atoms with Crippen molar-refractivity contribution < 1.29 is 0 Å². The Labute approximate surface area is 113 Å². The van der Waals surface area contributed by atoms with Gasteiger partial charge in [-0.2, -0.15) is 11.8 Å². The van der Waals surface area contributed by atoms with E-state index in [1.165, 1.54) is 50.4 Å². The van der Waals surface area contributed by atoms with Crippen LogP contribution in [0.1, 0.15) is 47.0 Å². The van der Waals surface area contributed by atoms with Gasteiger partial charge in [-0.1, -0.05) is 27.2 Å². The van der Waals surface area contributed by atoms with Crippen molar-refractivity contribution in [3.8, 4) is 0 Å². The summed E-state index contributed by atoms with van der Waals surface area (Å²) in [5.41, 5.74) is 0. The molecule has 0 aromatic heterocycles. The molecule has 1 N–H and O–H groups in total. The molecule has 1 unspecified atom stereocenters. The molecular weight excluding hydrogens is 228 g/mol. The third-order valence-corrected chi connectivity index (χ3v) is 4.22. The fraction of sp³-hybridized carbons (Fsp3) is 1.00. The number of hydrogen-bond acceptors (Lipinski definition) is 3. The van der Waals surface area contributed by atoms with E-state index in [0.717, 1.165) is 6.54 Å². The van der Waals surface area contributed by atoms with Crippen LogP contribution in [-0.4, -0.2) is 48.6 Å². The van der Waals surface area contributed by atoms with Gasteiger partial charge in [-0.3, -0.25) is 0 Å². The summed E-state index contributed by atoms with van der Waals surface area (Å²) < 4.78 is 0. The van der Waals surface area contributed by atoms with Gasteiger partial charge in [-0.05, 0) is 45.2 Å². The van der Waals surface area contributed by atoms with Crippen molar-refractivity contribution in [3.05, 3.63) is 0 Å². The van der Waals surface area contributed by atoms with Gasteiger partial charge in [0.15, 0.2) is 0 Å². The largest absolute Gasteiger partial charge is 0.315 e. The average Bonchev–Trinajstić information content (AvgIpc) is 2.33. The smallest absolute Gasteiger partial charge is 0.00721 e. The van der Waals surface area contributed by atoms with Crippen molar-refractivity contribution in [1.29, 1.82) is 0 Å². The molecule has 0 fully saturated rings. The molecule has 0 saturated carbocycles. The second-order valence-electron chi connectivity index (χ2n) is 4.59. The van der Waals surface area contributed by atoms with E-state index < -0.39 is 0 Å². The molecule has 3 heteroatoms. The van der Waals surface area contributed by atoms with Crippen LogP contribution in [0.15, 0.2) is 0 Å². The lowest BCUT2D eigenvalue weighted by molar-refractivity contribution is 0.324. The van der Waals surface area contributed by atoms with Crippen LogP contribution in [0, 0.1) is 0 Å². The molecular formula is C14H32N2S. The summed E-state index contributed by atoms with van der Waals surface area (Å²) in [6.45, 7) is 13.7. The van der Waals surface area contributed by atoms with Gasteiger partial charge in [0.1, 0.15) is 0 Å². The molecule has 2 nitrogen and oxygen atoms in total. The first-order valence-electron chi connectivity index (χ1n) is 7.28. The first kappa shape index (κ1) is 17.3. The third kappa shape index (κ3) is 11.1. The highest BCUT2D eigenvalue weighted by molar-refractivity contribution is 7.99. The molecule has 17 heavy (non-hydrogen) atoms. The average molecular weight is 260 g/mol. The van der Waals surface area contributed by atoms with E-state index >= 15 is 0 Å². The zero-order valence-electron chi connectivity index (χ0n) is 12.3. The first-order valence-corrected chi connectivity index (χ1v) is 8.43. The van der Waals surface area contributed by atoms with Gasteiger partial charge in [0.25, 0.3) is 0 Å². The van der Waals surface area contributed by atoms with Gasteiger partial charge in [0.05, 0.1) is 0 Å². The second-order valence-corrected chi connectivity index (χ2v) is 5.82. The van der Waals surface area contributed by atoms with E-state index in [-0.39, 0.29) is 0 Å². The Morgan fingerprint density at radius 1 is 1.06 bits per heavy atom. The fourth-order valence-corrected chi connectivity index (χ4v) is 2.94. The summed E-state index contributed by atoms with van der Waals surface area (Å²) in [4.78, 5) is 2.50. The molecule has 0 aromatic carbocycles. The lowest BCUT2D eigenvalue weighted by Crippen LogP contribution is -2.25. The maximum absolute atomic E-state index is 3.46. The molecule has 0 aliphatic heterocycles.